The van der Waals surface area contributed by atoms with Crippen LogP contribution in [-0.4, -0.2) is 75.4 Å². The number of rotatable bonds is 16. The monoisotopic (exact) mass is 610 g/mol. The van der Waals surface area contributed by atoms with Crippen LogP contribution >= 0.6 is 11.8 Å². The van der Waals surface area contributed by atoms with Gasteiger partial charge in [-0.05, 0) is 42.5 Å². The number of nitrogens with two attached hydrogens (primary N) is 2. The molecule has 4 amide bonds. The fourth-order valence-electron chi connectivity index (χ4n) is 4.58. The van der Waals surface area contributed by atoms with E-state index in [0.29, 0.717) is 5.75 Å². The van der Waals surface area contributed by atoms with Gasteiger partial charge in [-0.1, -0.05) is 48.5 Å². The topological polar surface area (TPSA) is 209 Å². The second-order valence-corrected chi connectivity index (χ2v) is 11.6. The maximum Gasteiger partial charge on any atom is 0.305 e. The van der Waals surface area contributed by atoms with Crippen molar-refractivity contribution < 1.29 is 29.1 Å². The summed E-state index contributed by atoms with van der Waals surface area (Å²) in [5, 5.41) is 17.9. The highest BCUT2D eigenvalue weighted by molar-refractivity contribution is 7.98. The summed E-state index contributed by atoms with van der Waals surface area (Å²) in [6.07, 6.45) is 3.31. The second kappa shape index (κ2) is 15.2. The molecular weight excluding hydrogens is 572 g/mol. The molecule has 0 spiro atoms. The Labute approximate surface area is 253 Å². The summed E-state index contributed by atoms with van der Waals surface area (Å²) in [6.45, 7) is 1.56. The molecule has 13 heteroatoms. The van der Waals surface area contributed by atoms with Gasteiger partial charge < -0.3 is 37.5 Å². The number of aromatic amines is 1. The molecule has 0 radical (unpaired) electrons. The first-order chi connectivity index (χ1) is 20.4. The molecule has 0 aliphatic carbocycles. The van der Waals surface area contributed by atoms with Gasteiger partial charge in [-0.15, -0.1) is 0 Å². The normalized spacial score (nSPS) is 14.6. The molecule has 4 atom stereocenters. The van der Waals surface area contributed by atoms with E-state index in [9.17, 15) is 29.1 Å². The maximum absolute atomic E-state index is 13.4. The number of carbonyl (C=O) groups excluding carboxylic acids is 4. The summed E-state index contributed by atoms with van der Waals surface area (Å²) >= 11 is 1.44. The smallest absolute Gasteiger partial charge is 0.305 e. The number of carboxylic acid groups (broad SMARTS) is 1. The number of hydrogen-bond acceptors (Lipinski definition) is 7. The molecule has 230 valence electrons. The Morgan fingerprint density at radius 1 is 0.930 bits per heavy atom. The first-order valence-corrected chi connectivity index (χ1v) is 15.1. The van der Waals surface area contributed by atoms with Gasteiger partial charge in [-0.25, -0.2) is 0 Å². The number of thioether (sulfide) groups is 1. The summed E-state index contributed by atoms with van der Waals surface area (Å²) in [6, 6.07) is 12.6. The molecule has 43 heavy (non-hydrogen) atoms. The van der Waals surface area contributed by atoms with Crippen molar-refractivity contribution in [3.8, 4) is 0 Å². The molecule has 3 aromatic rings. The number of aromatic nitrogens is 1. The Kier molecular flexibility index (Phi) is 11.7. The lowest BCUT2D eigenvalue weighted by atomic mass is 9.92. The van der Waals surface area contributed by atoms with Crippen molar-refractivity contribution in [2.45, 2.75) is 56.3 Å². The van der Waals surface area contributed by atoms with E-state index in [4.69, 9.17) is 11.5 Å². The number of benzene rings is 2. The van der Waals surface area contributed by atoms with Gasteiger partial charge in [-0.3, -0.25) is 24.0 Å². The van der Waals surface area contributed by atoms with Gasteiger partial charge in [-0.2, -0.15) is 11.8 Å². The first-order valence-electron chi connectivity index (χ1n) is 13.7. The minimum absolute atomic E-state index is 0.0770. The van der Waals surface area contributed by atoms with Crippen LogP contribution in [0.1, 0.15) is 30.9 Å². The van der Waals surface area contributed by atoms with Crippen LogP contribution in [0.5, 0.6) is 0 Å². The highest BCUT2D eigenvalue weighted by atomic mass is 32.2. The van der Waals surface area contributed by atoms with E-state index in [-0.39, 0.29) is 19.3 Å². The molecule has 0 fully saturated rings. The zero-order chi connectivity index (χ0) is 31.6. The van der Waals surface area contributed by atoms with Gasteiger partial charge in [0.25, 0.3) is 0 Å². The summed E-state index contributed by atoms with van der Waals surface area (Å²) in [7, 11) is 0. The number of amides is 4. The fourth-order valence-corrected chi connectivity index (χ4v) is 5.05. The van der Waals surface area contributed by atoms with Crippen LogP contribution in [0.15, 0.2) is 60.8 Å². The molecular formula is C30H38N6O6S. The molecule has 2 aromatic carbocycles. The number of fused-ring (bicyclic) bond motifs is 1. The minimum atomic E-state index is -1.54. The van der Waals surface area contributed by atoms with Crippen LogP contribution in [-0.2, 0) is 36.8 Å². The van der Waals surface area contributed by atoms with Gasteiger partial charge in [0.15, 0.2) is 0 Å². The van der Waals surface area contributed by atoms with Crippen LogP contribution in [0.3, 0.4) is 0 Å². The summed E-state index contributed by atoms with van der Waals surface area (Å²) in [5.41, 5.74) is 13.0. The van der Waals surface area contributed by atoms with Crippen molar-refractivity contribution >= 4 is 52.3 Å². The minimum Gasteiger partial charge on any atom is -0.481 e. The Morgan fingerprint density at radius 3 is 2.21 bits per heavy atom. The number of H-pyrrole nitrogens is 1. The Hall–Kier alpha value is -4.36. The fraction of sp³-hybridized carbons (Fsp3) is 0.367. The third kappa shape index (κ3) is 9.58. The van der Waals surface area contributed by atoms with E-state index in [2.05, 4.69) is 20.9 Å². The second-order valence-electron chi connectivity index (χ2n) is 10.6. The molecule has 0 aliphatic heterocycles. The molecule has 1 unspecified atom stereocenters. The van der Waals surface area contributed by atoms with Crippen LogP contribution in [0, 0.1) is 0 Å². The van der Waals surface area contributed by atoms with Crippen molar-refractivity contribution in [2.24, 2.45) is 11.5 Å². The molecule has 0 bridgehead atoms. The van der Waals surface area contributed by atoms with E-state index in [1.807, 2.05) is 30.5 Å². The molecule has 3 rings (SSSR count). The Balaban J connectivity index is 1.73. The van der Waals surface area contributed by atoms with Gasteiger partial charge in [0, 0.05) is 29.9 Å². The predicted molar refractivity (Wildman–Crippen MR) is 165 cm³/mol. The number of carboxylic acids is 1. The van der Waals surface area contributed by atoms with E-state index >= 15 is 0 Å². The largest absolute Gasteiger partial charge is 0.481 e. The zero-order valence-corrected chi connectivity index (χ0v) is 24.9. The van der Waals surface area contributed by atoms with Crippen LogP contribution in [0.4, 0.5) is 0 Å². The van der Waals surface area contributed by atoms with E-state index in [0.717, 1.165) is 22.0 Å². The summed E-state index contributed by atoms with van der Waals surface area (Å²) in [4.78, 5) is 66.6. The van der Waals surface area contributed by atoms with E-state index in [1.165, 1.54) is 11.8 Å². The van der Waals surface area contributed by atoms with Crippen molar-refractivity contribution in [2.75, 3.05) is 12.0 Å². The molecule has 1 heterocycles. The summed E-state index contributed by atoms with van der Waals surface area (Å²) < 4.78 is 0. The molecule has 0 saturated heterocycles. The SMILES string of the molecule is CSCC[C@H](NC(=O)C(C)(N)Cc1c[nH]c2ccccc12)C(=O)N[C@@H](CC(=O)O)C(=O)N[C@@H](Cc1ccccc1)C(N)=O. The number of aliphatic carboxylic acids is 1. The van der Waals surface area contributed by atoms with Crippen molar-refractivity contribution in [3.63, 3.8) is 0 Å². The van der Waals surface area contributed by atoms with Crippen LogP contribution in [0.25, 0.3) is 10.9 Å². The third-order valence-corrected chi connectivity index (χ3v) is 7.58. The predicted octanol–water partition coefficient (Wildman–Crippen LogP) is 0.838. The Bertz CT molecular complexity index is 1440. The van der Waals surface area contributed by atoms with E-state index in [1.54, 1.807) is 43.5 Å². The average molecular weight is 611 g/mol. The maximum atomic E-state index is 13.4. The van der Waals surface area contributed by atoms with Gasteiger partial charge in [0.2, 0.25) is 23.6 Å². The number of nitrogens with one attached hydrogen (secondary N) is 4. The molecule has 12 nitrogen and oxygen atoms in total. The average Bonchev–Trinajstić information content (AvgIpc) is 3.36. The Morgan fingerprint density at radius 2 is 1.56 bits per heavy atom. The quantitative estimate of drug-likeness (QED) is 0.123. The lowest BCUT2D eigenvalue weighted by Crippen LogP contribution is -2.60. The van der Waals surface area contributed by atoms with Crippen molar-refractivity contribution in [1.29, 1.82) is 0 Å². The number of primary amides is 1. The highest BCUT2D eigenvalue weighted by Gasteiger charge is 2.35. The lowest BCUT2D eigenvalue weighted by molar-refractivity contribution is -0.141. The standard InChI is InChI=1S/C30H38N6O6S/c1-30(32,16-19-17-33-21-11-7-6-10-20(19)21)29(42)36-22(12-13-43-2)27(40)35-24(15-25(37)38)28(41)34-23(26(31)39)14-18-8-4-3-5-9-18/h3-11,17,22-24,33H,12-16,32H2,1-2H3,(H2,31,39)(H,34,41)(H,35,40)(H,36,42)(H,37,38)/t22-,23-,24-,30?/m0/s1. The van der Waals surface area contributed by atoms with Gasteiger partial charge in [0.1, 0.15) is 18.1 Å². The molecule has 0 saturated carbocycles. The molecule has 9 N–H and O–H groups in total. The molecule has 0 aliphatic rings. The van der Waals surface area contributed by atoms with Crippen molar-refractivity contribution in [1.82, 2.24) is 20.9 Å². The summed E-state index contributed by atoms with van der Waals surface area (Å²) in [5.74, 6) is -3.93. The zero-order valence-electron chi connectivity index (χ0n) is 24.1. The van der Waals surface area contributed by atoms with Gasteiger partial charge in [0.05, 0.1) is 12.0 Å². The van der Waals surface area contributed by atoms with Crippen LogP contribution in [0.2, 0.25) is 0 Å². The lowest BCUT2D eigenvalue weighted by Gasteiger charge is -2.28. The van der Waals surface area contributed by atoms with Crippen molar-refractivity contribution in [3.05, 3.63) is 71.9 Å². The van der Waals surface area contributed by atoms with Crippen LogP contribution < -0.4 is 27.4 Å². The molecule has 1 aromatic heterocycles. The number of hydrogen-bond donors (Lipinski definition) is 7. The number of carbonyl (C=O) groups is 5. The van der Waals surface area contributed by atoms with Gasteiger partial charge >= 0.3 is 5.97 Å². The third-order valence-electron chi connectivity index (χ3n) is 6.94. The highest BCUT2D eigenvalue weighted by Crippen LogP contribution is 2.22. The first kappa shape index (κ1) is 33.1. The number of para-hydroxylation sites is 1. The van der Waals surface area contributed by atoms with E-state index < -0.39 is 59.7 Å².